The van der Waals surface area contributed by atoms with Crippen LogP contribution in [-0.4, -0.2) is 32.5 Å². The van der Waals surface area contributed by atoms with Crippen LogP contribution in [0.3, 0.4) is 0 Å². The minimum absolute atomic E-state index is 0.131. The second-order valence-electron chi connectivity index (χ2n) is 8.82. The molecule has 0 N–H and O–H groups in total. The number of likely N-dealkylation sites (tertiary alicyclic amines) is 1. The zero-order valence-electron chi connectivity index (χ0n) is 18.6. The molecule has 1 aliphatic rings. The molecule has 1 fully saturated rings. The third-order valence-electron chi connectivity index (χ3n) is 6.53. The molecule has 2 aromatic heterocycles. The number of halogens is 1. The average molecular weight is 451 g/mol. The van der Waals surface area contributed by atoms with Crippen LogP contribution in [0.1, 0.15) is 18.5 Å². The highest BCUT2D eigenvalue weighted by Crippen LogP contribution is 2.23. The lowest BCUT2D eigenvalue weighted by molar-refractivity contribution is 0.327. The van der Waals surface area contributed by atoms with Crippen LogP contribution in [0.5, 0.6) is 0 Å². The van der Waals surface area contributed by atoms with Gasteiger partial charge in [-0.3, -0.25) is 19.2 Å². The largest absolute Gasteiger partial charge is 0.298 e. The molecule has 0 atom stereocenters. The molecule has 5 nitrogen and oxygen atoms in total. The van der Waals surface area contributed by atoms with Gasteiger partial charge in [0, 0.05) is 11.9 Å². The Morgan fingerprint density at radius 2 is 1.62 bits per heavy atom. The monoisotopic (exact) mass is 450 g/mol. The fourth-order valence-electron chi connectivity index (χ4n) is 4.69. The molecule has 3 aromatic carbocycles. The summed E-state index contributed by atoms with van der Waals surface area (Å²) in [6.07, 6.45) is 4.09. The van der Waals surface area contributed by atoms with Crippen molar-refractivity contribution in [2.24, 2.45) is 0 Å². The summed E-state index contributed by atoms with van der Waals surface area (Å²) in [5, 5.41) is 1.52. The first kappa shape index (κ1) is 20.7. The van der Waals surface area contributed by atoms with Crippen molar-refractivity contribution < 1.29 is 4.39 Å². The van der Waals surface area contributed by atoms with Crippen LogP contribution < -0.4 is 5.56 Å². The normalized spacial score (nSPS) is 14.3. The van der Waals surface area contributed by atoms with Crippen molar-refractivity contribution in [3.05, 3.63) is 101 Å². The highest BCUT2D eigenvalue weighted by atomic mass is 19.1. The highest BCUT2D eigenvalue weighted by Gasteiger charge is 2.13. The smallest absolute Gasteiger partial charge is 0.265 e. The Bertz CT molecular complexity index is 1570. The van der Waals surface area contributed by atoms with Gasteiger partial charge in [-0.1, -0.05) is 24.3 Å². The van der Waals surface area contributed by atoms with Crippen LogP contribution in [0.4, 0.5) is 4.39 Å². The third-order valence-corrected chi connectivity index (χ3v) is 6.53. The number of hydrogen-bond acceptors (Lipinski definition) is 4. The van der Waals surface area contributed by atoms with Gasteiger partial charge in [0.05, 0.1) is 27.8 Å². The third kappa shape index (κ3) is 3.86. The summed E-state index contributed by atoms with van der Waals surface area (Å²) in [7, 11) is 0. The van der Waals surface area contributed by atoms with Gasteiger partial charge in [0.25, 0.3) is 5.56 Å². The molecule has 1 aliphatic heterocycles. The molecule has 0 unspecified atom stereocenters. The molecule has 0 amide bonds. The molecule has 0 radical (unpaired) electrons. The fourth-order valence-corrected chi connectivity index (χ4v) is 4.69. The molecule has 3 heterocycles. The van der Waals surface area contributed by atoms with Gasteiger partial charge in [0.1, 0.15) is 12.1 Å². The predicted molar refractivity (Wildman–Crippen MR) is 133 cm³/mol. The minimum Gasteiger partial charge on any atom is -0.298 e. The maximum absolute atomic E-state index is 13.3. The van der Waals surface area contributed by atoms with Gasteiger partial charge >= 0.3 is 0 Å². The van der Waals surface area contributed by atoms with E-state index in [0.29, 0.717) is 10.9 Å². The van der Waals surface area contributed by atoms with E-state index in [1.54, 1.807) is 29.1 Å². The van der Waals surface area contributed by atoms with Gasteiger partial charge < -0.3 is 0 Å². The molecule has 1 saturated heterocycles. The van der Waals surface area contributed by atoms with Crippen LogP contribution in [0.25, 0.3) is 38.6 Å². The predicted octanol–water partition coefficient (Wildman–Crippen LogP) is 5.34. The Labute approximate surface area is 196 Å². The fraction of sp³-hybridized carbons (Fsp3) is 0.179. The zero-order valence-corrected chi connectivity index (χ0v) is 18.6. The Morgan fingerprint density at radius 3 is 2.44 bits per heavy atom. The molecular weight excluding hydrogens is 427 g/mol. The molecule has 0 aliphatic carbocycles. The van der Waals surface area contributed by atoms with E-state index in [-0.39, 0.29) is 11.4 Å². The Kier molecular flexibility index (Phi) is 5.15. The number of rotatable bonds is 4. The summed E-state index contributed by atoms with van der Waals surface area (Å²) < 4.78 is 14.8. The summed E-state index contributed by atoms with van der Waals surface area (Å²) in [5.41, 5.74) is 4.99. The van der Waals surface area contributed by atoms with E-state index in [0.717, 1.165) is 53.0 Å². The van der Waals surface area contributed by atoms with Gasteiger partial charge in [0.2, 0.25) is 0 Å². The number of aromatic nitrogens is 3. The lowest BCUT2D eigenvalue weighted by Gasteiger charge is -2.14. The molecule has 168 valence electrons. The maximum atomic E-state index is 13.3. The topological polar surface area (TPSA) is 51.0 Å². The van der Waals surface area contributed by atoms with E-state index >= 15 is 0 Å². The van der Waals surface area contributed by atoms with E-state index < -0.39 is 0 Å². The van der Waals surface area contributed by atoms with Crippen molar-refractivity contribution >= 4 is 21.8 Å². The standard InChI is InChI=1S/C28H23FN4O/c29-22-7-3-19(4-8-22)20-6-11-25-27(16-20)30-18-33(28(25)34)24-10-12-26-21(15-24)5-9-23(31-26)17-32-13-1-2-14-32/h3-12,15-16,18H,1-2,13-14,17H2. The molecule has 5 aromatic rings. The van der Waals surface area contributed by atoms with Crippen LogP contribution in [0.15, 0.2) is 83.9 Å². The first-order valence-corrected chi connectivity index (χ1v) is 11.5. The lowest BCUT2D eigenvalue weighted by Crippen LogP contribution is -2.19. The summed E-state index contributed by atoms with van der Waals surface area (Å²) in [4.78, 5) is 25.1. The average Bonchev–Trinajstić information content (AvgIpc) is 3.37. The molecule has 0 spiro atoms. The lowest BCUT2D eigenvalue weighted by atomic mass is 10.0. The summed E-state index contributed by atoms with van der Waals surface area (Å²) in [5.74, 6) is -0.279. The number of fused-ring (bicyclic) bond motifs is 2. The van der Waals surface area contributed by atoms with Crippen molar-refractivity contribution in [2.75, 3.05) is 13.1 Å². The summed E-state index contributed by atoms with van der Waals surface area (Å²) >= 11 is 0. The van der Waals surface area contributed by atoms with Gasteiger partial charge in [-0.2, -0.15) is 0 Å². The van der Waals surface area contributed by atoms with Gasteiger partial charge in [-0.15, -0.1) is 0 Å². The number of pyridine rings is 1. The summed E-state index contributed by atoms with van der Waals surface area (Å²) in [6.45, 7) is 3.16. The SMILES string of the molecule is O=c1c2ccc(-c3ccc(F)cc3)cc2ncn1-c1ccc2nc(CN3CCCC3)ccc2c1. The van der Waals surface area contributed by atoms with Gasteiger partial charge in [0.15, 0.2) is 0 Å². The van der Waals surface area contributed by atoms with Crippen molar-refractivity contribution in [3.8, 4) is 16.8 Å². The van der Waals surface area contributed by atoms with E-state index in [4.69, 9.17) is 4.98 Å². The van der Waals surface area contributed by atoms with E-state index in [1.165, 1.54) is 25.0 Å². The molecule has 0 bridgehead atoms. The summed E-state index contributed by atoms with van der Waals surface area (Å²) in [6, 6.07) is 21.8. The van der Waals surface area contributed by atoms with Crippen molar-refractivity contribution in [3.63, 3.8) is 0 Å². The van der Waals surface area contributed by atoms with Crippen molar-refractivity contribution in [1.29, 1.82) is 0 Å². The van der Waals surface area contributed by atoms with E-state index in [2.05, 4.69) is 22.0 Å². The van der Waals surface area contributed by atoms with E-state index in [9.17, 15) is 9.18 Å². The number of benzene rings is 3. The van der Waals surface area contributed by atoms with Crippen molar-refractivity contribution in [2.45, 2.75) is 19.4 Å². The first-order valence-electron chi connectivity index (χ1n) is 11.5. The number of nitrogens with zero attached hydrogens (tertiary/aromatic N) is 4. The molecule has 6 heteroatoms. The Balaban J connectivity index is 1.34. The minimum atomic E-state index is -0.279. The van der Waals surface area contributed by atoms with Crippen molar-refractivity contribution in [1.82, 2.24) is 19.4 Å². The highest BCUT2D eigenvalue weighted by molar-refractivity contribution is 5.84. The van der Waals surface area contributed by atoms with Crippen LogP contribution in [-0.2, 0) is 6.54 Å². The van der Waals surface area contributed by atoms with Crippen LogP contribution in [0.2, 0.25) is 0 Å². The van der Waals surface area contributed by atoms with E-state index in [1.807, 2.05) is 30.3 Å². The first-order chi connectivity index (χ1) is 16.6. The quantitative estimate of drug-likeness (QED) is 0.371. The molecule has 0 saturated carbocycles. The number of hydrogen-bond donors (Lipinski definition) is 0. The maximum Gasteiger partial charge on any atom is 0.265 e. The van der Waals surface area contributed by atoms with Crippen LogP contribution >= 0.6 is 0 Å². The van der Waals surface area contributed by atoms with Crippen LogP contribution in [0, 0.1) is 5.82 Å². The Hall–Kier alpha value is -3.90. The second kappa shape index (κ2) is 8.47. The van der Waals surface area contributed by atoms with Gasteiger partial charge in [-0.25, -0.2) is 9.37 Å². The molecular formula is C28H23FN4O. The van der Waals surface area contributed by atoms with Gasteiger partial charge in [-0.05, 0) is 85.6 Å². The second-order valence-corrected chi connectivity index (χ2v) is 8.82. The molecule has 34 heavy (non-hydrogen) atoms. The zero-order chi connectivity index (χ0) is 23.1. The Morgan fingerprint density at radius 1 is 0.824 bits per heavy atom. The molecule has 6 rings (SSSR count).